The van der Waals surface area contributed by atoms with E-state index < -0.39 is 63.1 Å². The molecule has 40 heavy (non-hydrogen) atoms. The lowest BCUT2D eigenvalue weighted by Crippen LogP contribution is -2.33. The molecule has 2 heteroatoms. The van der Waals surface area contributed by atoms with Crippen LogP contribution in [0.4, 0.5) is 5.69 Å². The molecule has 3 aromatic carbocycles. The molecule has 2 nitrogen and oxygen atoms in total. The van der Waals surface area contributed by atoms with E-state index in [9.17, 15) is 0 Å². The van der Waals surface area contributed by atoms with Gasteiger partial charge in [0.1, 0.15) is 0 Å². The standard InChI is InChI=1S/C38H42N2/c1-37(2,3)25-21-24(22-26(23-25)38(4,5)6)27-17-11-18-32-30-15-9-7-13-28(30)29-14-8-10-16-31(29)33-19-12-20-34(39)36(33)40-35(27)32/h7,9,12-16,18-23,40H,8,10-11,17,39H2,1-6H3/i1D3,2D3,3D3,4D3,5D3,6D3. The number of hydrogen-bond donors (Lipinski definition) is 2. The van der Waals surface area contributed by atoms with E-state index in [1.54, 1.807) is 12.1 Å². The maximum Gasteiger partial charge on any atom is 0.0697 e. The molecule has 4 aromatic rings. The summed E-state index contributed by atoms with van der Waals surface area (Å²) in [5, 5.41) is 5.10. The largest absolute Gasteiger partial charge is 0.397 e. The normalized spacial score (nSPS) is 23.6. The maximum absolute atomic E-state index is 8.51. The molecule has 0 unspecified atom stereocenters. The molecular formula is C38H42N2. The van der Waals surface area contributed by atoms with Crippen LogP contribution in [0.25, 0.3) is 45.5 Å². The van der Waals surface area contributed by atoms with Crippen LogP contribution in [0.2, 0.25) is 0 Å². The van der Waals surface area contributed by atoms with Gasteiger partial charge in [0.2, 0.25) is 0 Å². The van der Waals surface area contributed by atoms with Crippen LogP contribution in [-0.2, 0) is 10.8 Å². The van der Waals surface area contributed by atoms with Crippen LogP contribution in [-0.4, -0.2) is 4.98 Å². The summed E-state index contributed by atoms with van der Waals surface area (Å²) >= 11 is 0. The molecule has 2 aliphatic carbocycles. The van der Waals surface area contributed by atoms with Gasteiger partial charge in [-0.2, -0.15) is 0 Å². The lowest BCUT2D eigenvalue weighted by molar-refractivity contribution is 0.568. The summed E-state index contributed by atoms with van der Waals surface area (Å²) in [6.45, 7) is -23.2. The summed E-state index contributed by atoms with van der Waals surface area (Å²) in [5.41, 5.74) is -1.94. The molecule has 0 saturated carbocycles. The molecule has 0 spiro atoms. The van der Waals surface area contributed by atoms with Crippen LogP contribution in [0.3, 0.4) is 0 Å². The van der Waals surface area contributed by atoms with Crippen molar-refractivity contribution in [3.05, 3.63) is 98.4 Å². The molecule has 3 N–H and O–H groups in total. The zero-order valence-corrected chi connectivity index (χ0v) is 21.9. The lowest BCUT2D eigenvalue weighted by atomic mass is 9.78. The Morgan fingerprint density at radius 3 is 1.90 bits per heavy atom. The molecule has 1 aromatic heterocycles. The van der Waals surface area contributed by atoms with Gasteiger partial charge in [0.15, 0.2) is 0 Å². The topological polar surface area (TPSA) is 41.8 Å². The Bertz CT molecular complexity index is 2470. The molecule has 6 rings (SSSR count). The number of anilines is 1. The van der Waals surface area contributed by atoms with Crippen molar-refractivity contribution in [1.29, 1.82) is 0 Å². The zero-order chi connectivity index (χ0) is 43.2. The smallest absolute Gasteiger partial charge is 0.0697 e. The fourth-order valence-electron chi connectivity index (χ4n) is 5.86. The summed E-state index contributed by atoms with van der Waals surface area (Å²) in [6.07, 6.45) is 8.09. The van der Waals surface area contributed by atoms with E-state index in [2.05, 4.69) is 17.1 Å². The molecule has 0 amide bonds. The van der Waals surface area contributed by atoms with Crippen LogP contribution in [0.1, 0.15) is 108 Å². The first-order valence-electron chi connectivity index (χ1n) is 22.3. The molecule has 0 atom stereocenters. The number of H-pyrrole nitrogens is 1. The van der Waals surface area contributed by atoms with Gasteiger partial charge in [-0.05, 0) is 86.1 Å². The number of rotatable bonds is 1. The minimum Gasteiger partial charge on any atom is -0.397 e. The predicted molar refractivity (Wildman–Crippen MR) is 175 cm³/mol. The second kappa shape index (κ2) is 9.70. The average Bonchev–Trinajstić information content (AvgIpc) is 3.10. The first kappa shape index (κ1) is 12.8. The number of fused-ring (bicyclic) bond motifs is 7. The van der Waals surface area contributed by atoms with Crippen LogP contribution in [0.15, 0.2) is 60.7 Å². The van der Waals surface area contributed by atoms with Gasteiger partial charge in [-0.25, -0.2) is 0 Å². The molecule has 0 radical (unpaired) electrons. The van der Waals surface area contributed by atoms with Crippen molar-refractivity contribution < 1.29 is 24.7 Å². The average molecular weight is 545 g/mol. The number of nitrogen functional groups attached to an aromatic ring is 1. The van der Waals surface area contributed by atoms with Gasteiger partial charge in [-0.3, -0.25) is 0 Å². The minimum atomic E-state index is -3.86. The fraction of sp³-hybridized carbons (Fsp3) is 0.316. The van der Waals surface area contributed by atoms with Crippen molar-refractivity contribution in [2.45, 2.75) is 77.6 Å². The Morgan fingerprint density at radius 1 is 0.675 bits per heavy atom. The predicted octanol–water partition coefficient (Wildman–Crippen LogP) is 6.75. The third-order valence-corrected chi connectivity index (χ3v) is 7.76. The highest BCUT2D eigenvalue weighted by molar-refractivity contribution is 5.93. The van der Waals surface area contributed by atoms with E-state index >= 15 is 0 Å². The van der Waals surface area contributed by atoms with Gasteiger partial charge in [0.25, 0.3) is 0 Å². The maximum atomic E-state index is 8.51. The number of para-hydroxylation sites is 1. The van der Waals surface area contributed by atoms with Gasteiger partial charge in [0.05, 0.1) is 11.2 Å². The second-order valence-corrected chi connectivity index (χ2v) is 10.6. The Labute approximate surface area is 263 Å². The van der Waals surface area contributed by atoms with Crippen molar-refractivity contribution in [3.63, 3.8) is 0 Å². The third kappa shape index (κ3) is 4.64. The van der Waals surface area contributed by atoms with E-state index in [0.29, 0.717) is 34.3 Å². The lowest BCUT2D eigenvalue weighted by Gasteiger charge is -2.27. The van der Waals surface area contributed by atoms with Crippen LogP contribution < -0.4 is 26.7 Å². The molecule has 0 saturated heterocycles. The number of benzene rings is 3. The van der Waals surface area contributed by atoms with E-state index in [0.717, 1.165) is 51.6 Å². The van der Waals surface area contributed by atoms with Gasteiger partial charge in [0, 0.05) is 40.6 Å². The van der Waals surface area contributed by atoms with Crippen LogP contribution in [0, 0.1) is 0 Å². The Hall–Kier alpha value is -3.78. The first-order chi connectivity index (χ1) is 26.5. The highest BCUT2D eigenvalue weighted by atomic mass is 14.7. The molecular weight excluding hydrogens is 484 g/mol. The van der Waals surface area contributed by atoms with Gasteiger partial charge < -0.3 is 10.7 Å². The van der Waals surface area contributed by atoms with E-state index in [1.807, 2.05) is 36.4 Å². The number of nitrogens with two attached hydrogens (primary N) is 1. The van der Waals surface area contributed by atoms with Crippen molar-refractivity contribution in [3.8, 4) is 0 Å². The van der Waals surface area contributed by atoms with Crippen LogP contribution >= 0.6 is 0 Å². The minimum absolute atomic E-state index is 0.0922. The molecule has 0 fully saturated rings. The summed E-state index contributed by atoms with van der Waals surface area (Å²) < 4.78 is 153. The Balaban J connectivity index is 2.01. The van der Waals surface area contributed by atoms with E-state index in [-0.39, 0.29) is 17.6 Å². The quantitative estimate of drug-likeness (QED) is 0.256. The van der Waals surface area contributed by atoms with Gasteiger partial charge in [-0.15, -0.1) is 0 Å². The SMILES string of the molecule is [2H]C([2H])([2H])C(c1cc(C2=c3[nH]c4c(N)cccc4c4c(c5ccccc5c3=CCC2)=CCCC=4)cc(C(C([2H])([2H])[2H])(C([2H])([2H])[2H])C([2H])([2H])[2H])c1)(C([2H])([2H])[2H])C([2H])([2H])[2H]. The summed E-state index contributed by atoms with van der Waals surface area (Å²) in [5.74, 6) is 0. The molecule has 0 aliphatic heterocycles. The second-order valence-electron chi connectivity index (χ2n) is 10.6. The summed E-state index contributed by atoms with van der Waals surface area (Å²) in [7, 11) is 0. The van der Waals surface area contributed by atoms with Crippen molar-refractivity contribution in [2.24, 2.45) is 0 Å². The monoisotopic (exact) mass is 544 g/mol. The van der Waals surface area contributed by atoms with Crippen LogP contribution in [0.5, 0.6) is 0 Å². The summed E-state index contributed by atoms with van der Waals surface area (Å²) in [6, 6.07) is 15.5. The van der Waals surface area contributed by atoms with E-state index in [1.165, 1.54) is 0 Å². The number of nitrogens with one attached hydrogen (secondary N) is 1. The third-order valence-electron chi connectivity index (χ3n) is 7.76. The van der Waals surface area contributed by atoms with Gasteiger partial charge >= 0.3 is 0 Å². The number of aromatic nitrogens is 1. The highest BCUT2D eigenvalue weighted by Gasteiger charge is 2.22. The van der Waals surface area contributed by atoms with E-state index in [4.69, 9.17) is 30.4 Å². The first-order valence-corrected chi connectivity index (χ1v) is 13.3. The molecule has 0 bridgehead atoms. The number of aromatic amines is 1. The molecule has 204 valence electrons. The highest BCUT2D eigenvalue weighted by Crippen LogP contribution is 2.33. The van der Waals surface area contributed by atoms with Crippen molar-refractivity contribution in [2.75, 3.05) is 5.73 Å². The fourth-order valence-corrected chi connectivity index (χ4v) is 5.86. The molecule has 2 aliphatic rings. The molecule has 1 heterocycles. The zero-order valence-electron chi connectivity index (χ0n) is 39.9. The van der Waals surface area contributed by atoms with Gasteiger partial charge in [-0.1, -0.05) is 114 Å². The van der Waals surface area contributed by atoms with Crippen molar-refractivity contribution >= 4 is 51.2 Å². The Kier molecular flexibility index (Phi) is 3.11. The summed E-state index contributed by atoms with van der Waals surface area (Å²) in [4.78, 5) is 3.48. The Morgan fingerprint density at radius 2 is 1.25 bits per heavy atom. The van der Waals surface area contributed by atoms with Crippen molar-refractivity contribution in [1.82, 2.24) is 4.98 Å². The number of hydrogen-bond acceptors (Lipinski definition) is 1.